The molecular formula is C15H15N. The molecule has 80 valence electrons. The highest BCUT2D eigenvalue weighted by Crippen LogP contribution is 2.39. The molecule has 1 aliphatic carbocycles. The topological polar surface area (TPSA) is 26.0 Å². The van der Waals surface area contributed by atoms with Crippen LogP contribution in [0.3, 0.4) is 0 Å². The molecule has 1 aliphatic rings. The molecule has 0 saturated heterocycles. The minimum absolute atomic E-state index is 0.245. The van der Waals surface area contributed by atoms with Crippen LogP contribution in [0.25, 0.3) is 11.1 Å². The van der Waals surface area contributed by atoms with Crippen LogP contribution in [-0.4, -0.2) is 0 Å². The Morgan fingerprint density at radius 1 is 0.938 bits per heavy atom. The highest BCUT2D eigenvalue weighted by atomic mass is 14.7. The third kappa shape index (κ3) is 1.29. The second kappa shape index (κ2) is 3.19. The minimum atomic E-state index is -0.245. The van der Waals surface area contributed by atoms with Gasteiger partial charge in [-0.2, -0.15) is 0 Å². The van der Waals surface area contributed by atoms with Crippen LogP contribution in [0.1, 0.15) is 18.1 Å². The van der Waals surface area contributed by atoms with Gasteiger partial charge in [0.1, 0.15) is 0 Å². The van der Waals surface area contributed by atoms with Crippen molar-refractivity contribution in [3.8, 4) is 11.1 Å². The highest BCUT2D eigenvalue weighted by molar-refractivity contribution is 5.74. The van der Waals surface area contributed by atoms with Crippen molar-refractivity contribution < 1.29 is 0 Å². The summed E-state index contributed by atoms with van der Waals surface area (Å²) in [5.74, 6) is 0. The maximum atomic E-state index is 6.40. The van der Waals surface area contributed by atoms with Crippen LogP contribution >= 0.6 is 0 Å². The molecule has 2 aromatic rings. The summed E-state index contributed by atoms with van der Waals surface area (Å²) < 4.78 is 0. The third-order valence-corrected chi connectivity index (χ3v) is 3.41. The van der Waals surface area contributed by atoms with E-state index >= 15 is 0 Å². The van der Waals surface area contributed by atoms with Gasteiger partial charge in [0.05, 0.1) is 0 Å². The predicted octanol–water partition coefficient (Wildman–Crippen LogP) is 3.08. The number of hydrogen-bond donors (Lipinski definition) is 1. The first kappa shape index (κ1) is 9.61. The largest absolute Gasteiger partial charge is 0.321 e. The molecule has 3 rings (SSSR count). The second-order valence-corrected chi connectivity index (χ2v) is 4.80. The van der Waals surface area contributed by atoms with E-state index in [1.54, 1.807) is 0 Å². The molecule has 1 unspecified atom stereocenters. The van der Waals surface area contributed by atoms with Crippen molar-refractivity contribution in [2.24, 2.45) is 5.73 Å². The fourth-order valence-electron chi connectivity index (χ4n) is 2.64. The van der Waals surface area contributed by atoms with Crippen LogP contribution in [0.4, 0.5) is 0 Å². The smallest absolute Gasteiger partial charge is 0.0428 e. The van der Waals surface area contributed by atoms with Crippen LogP contribution in [0.15, 0.2) is 48.5 Å². The van der Waals surface area contributed by atoms with E-state index in [1.165, 1.54) is 22.3 Å². The van der Waals surface area contributed by atoms with E-state index in [1.807, 2.05) is 0 Å². The summed E-state index contributed by atoms with van der Waals surface area (Å²) in [4.78, 5) is 0. The van der Waals surface area contributed by atoms with E-state index in [0.29, 0.717) is 0 Å². The van der Waals surface area contributed by atoms with Gasteiger partial charge in [-0.15, -0.1) is 0 Å². The van der Waals surface area contributed by atoms with Gasteiger partial charge in [-0.05, 0) is 35.6 Å². The summed E-state index contributed by atoms with van der Waals surface area (Å²) in [5.41, 5.74) is 11.4. The number of nitrogens with two attached hydrogens (primary N) is 1. The summed E-state index contributed by atoms with van der Waals surface area (Å²) in [6.45, 7) is 2.11. The zero-order valence-electron chi connectivity index (χ0n) is 9.40. The standard InChI is InChI=1S/C15H15N/c1-15(16)10-11-6-2-3-7-12(11)13-8-4-5-9-14(13)15/h2-9H,10,16H2,1H3. The zero-order valence-corrected chi connectivity index (χ0v) is 9.40. The summed E-state index contributed by atoms with van der Waals surface area (Å²) in [7, 11) is 0. The Hall–Kier alpha value is -1.60. The Morgan fingerprint density at radius 3 is 2.38 bits per heavy atom. The van der Waals surface area contributed by atoms with Crippen LogP contribution in [0.5, 0.6) is 0 Å². The monoisotopic (exact) mass is 209 g/mol. The summed E-state index contributed by atoms with van der Waals surface area (Å²) in [6, 6.07) is 17.0. The molecule has 0 amide bonds. The normalized spacial score (nSPS) is 22.4. The van der Waals surface area contributed by atoms with Gasteiger partial charge in [0.2, 0.25) is 0 Å². The average molecular weight is 209 g/mol. The van der Waals surface area contributed by atoms with Crippen molar-refractivity contribution in [2.45, 2.75) is 18.9 Å². The fourth-order valence-corrected chi connectivity index (χ4v) is 2.64. The van der Waals surface area contributed by atoms with E-state index in [0.717, 1.165) is 6.42 Å². The lowest BCUT2D eigenvalue weighted by Crippen LogP contribution is -2.38. The van der Waals surface area contributed by atoms with Gasteiger partial charge in [-0.3, -0.25) is 0 Å². The van der Waals surface area contributed by atoms with Gasteiger partial charge in [0.15, 0.2) is 0 Å². The SMILES string of the molecule is CC1(N)Cc2ccccc2-c2ccccc21. The molecular weight excluding hydrogens is 194 g/mol. The van der Waals surface area contributed by atoms with Crippen LogP contribution in [0.2, 0.25) is 0 Å². The van der Waals surface area contributed by atoms with Crippen molar-refractivity contribution in [3.63, 3.8) is 0 Å². The van der Waals surface area contributed by atoms with Crippen molar-refractivity contribution in [1.29, 1.82) is 0 Å². The lowest BCUT2D eigenvalue weighted by molar-refractivity contribution is 0.487. The van der Waals surface area contributed by atoms with Gasteiger partial charge in [-0.25, -0.2) is 0 Å². The first-order valence-electron chi connectivity index (χ1n) is 5.65. The molecule has 0 spiro atoms. The molecule has 0 aromatic heterocycles. The molecule has 0 radical (unpaired) electrons. The molecule has 1 heteroatoms. The molecule has 0 bridgehead atoms. The minimum Gasteiger partial charge on any atom is -0.321 e. The zero-order chi connectivity index (χ0) is 11.2. The van der Waals surface area contributed by atoms with E-state index in [2.05, 4.69) is 55.5 Å². The molecule has 0 fully saturated rings. The van der Waals surface area contributed by atoms with E-state index in [4.69, 9.17) is 5.73 Å². The molecule has 2 aromatic carbocycles. The maximum absolute atomic E-state index is 6.40. The quantitative estimate of drug-likeness (QED) is 0.709. The molecule has 16 heavy (non-hydrogen) atoms. The lowest BCUT2D eigenvalue weighted by atomic mass is 9.75. The predicted molar refractivity (Wildman–Crippen MR) is 67.1 cm³/mol. The summed E-state index contributed by atoms with van der Waals surface area (Å²) >= 11 is 0. The van der Waals surface area contributed by atoms with Gasteiger partial charge < -0.3 is 5.73 Å². The van der Waals surface area contributed by atoms with Crippen LogP contribution < -0.4 is 5.73 Å². The van der Waals surface area contributed by atoms with Crippen LogP contribution in [-0.2, 0) is 12.0 Å². The van der Waals surface area contributed by atoms with Crippen molar-refractivity contribution in [2.75, 3.05) is 0 Å². The average Bonchev–Trinajstić information content (AvgIpc) is 2.29. The number of hydrogen-bond acceptors (Lipinski definition) is 1. The van der Waals surface area contributed by atoms with Crippen molar-refractivity contribution in [1.82, 2.24) is 0 Å². The van der Waals surface area contributed by atoms with E-state index in [9.17, 15) is 0 Å². The maximum Gasteiger partial charge on any atom is 0.0428 e. The summed E-state index contributed by atoms with van der Waals surface area (Å²) in [6.07, 6.45) is 0.917. The molecule has 1 nitrogen and oxygen atoms in total. The van der Waals surface area contributed by atoms with E-state index < -0.39 is 0 Å². The van der Waals surface area contributed by atoms with Gasteiger partial charge in [0.25, 0.3) is 0 Å². The lowest BCUT2D eigenvalue weighted by Gasteiger charge is -2.33. The molecule has 0 heterocycles. The fraction of sp³-hybridized carbons (Fsp3) is 0.200. The van der Waals surface area contributed by atoms with Crippen LogP contribution in [0, 0.1) is 0 Å². The van der Waals surface area contributed by atoms with Gasteiger partial charge >= 0.3 is 0 Å². The van der Waals surface area contributed by atoms with Gasteiger partial charge in [0, 0.05) is 5.54 Å². The molecule has 1 atom stereocenters. The molecule has 2 N–H and O–H groups in total. The number of rotatable bonds is 0. The molecule has 0 saturated carbocycles. The van der Waals surface area contributed by atoms with Crippen molar-refractivity contribution in [3.05, 3.63) is 59.7 Å². The molecule has 0 aliphatic heterocycles. The third-order valence-electron chi connectivity index (χ3n) is 3.41. The number of fused-ring (bicyclic) bond motifs is 3. The van der Waals surface area contributed by atoms with Gasteiger partial charge in [-0.1, -0.05) is 48.5 Å². The Kier molecular flexibility index (Phi) is 1.92. The Morgan fingerprint density at radius 2 is 1.56 bits per heavy atom. The Labute approximate surface area is 95.9 Å². The Bertz CT molecular complexity index is 541. The first-order valence-corrected chi connectivity index (χ1v) is 5.65. The van der Waals surface area contributed by atoms with E-state index in [-0.39, 0.29) is 5.54 Å². The summed E-state index contributed by atoms with van der Waals surface area (Å²) in [5, 5.41) is 0. The highest BCUT2D eigenvalue weighted by Gasteiger charge is 2.30. The number of benzene rings is 2. The Balaban J connectivity index is 2.33. The second-order valence-electron chi connectivity index (χ2n) is 4.80. The van der Waals surface area contributed by atoms with Crippen molar-refractivity contribution >= 4 is 0 Å². The first-order chi connectivity index (χ1) is 7.68.